The van der Waals surface area contributed by atoms with Crippen molar-refractivity contribution in [1.29, 1.82) is 5.41 Å². The summed E-state index contributed by atoms with van der Waals surface area (Å²) in [5.74, 6) is 1.19. The van der Waals surface area contributed by atoms with Gasteiger partial charge in [-0.15, -0.1) is 0 Å². The number of Topliss-reactive ketones (excluding diaryl/α,β-unsaturated/α-hetero) is 1. The standard InChI is InChI=1S/C24H24ClNO6/c1-13-9-15(26)10-19(31-12-14-5-7-16(28-2)8-6-14)24(13)23(27)20-17(29-3)11-18(30-4)21(25)22(20)32-24/h5-8,10-11,13,26H,9,12H2,1-4H3/t13-,24+/m1/s1. The maximum absolute atomic E-state index is 13.8. The summed E-state index contributed by atoms with van der Waals surface area (Å²) in [5, 5.41) is 8.42. The third-order valence-corrected chi connectivity index (χ3v) is 6.22. The number of nitrogens with one attached hydrogen (secondary N) is 1. The summed E-state index contributed by atoms with van der Waals surface area (Å²) in [6.45, 7) is 2.05. The first-order chi connectivity index (χ1) is 15.3. The Kier molecular flexibility index (Phi) is 5.77. The lowest BCUT2D eigenvalue weighted by Crippen LogP contribution is -2.51. The monoisotopic (exact) mass is 457 g/mol. The van der Waals surface area contributed by atoms with Crippen LogP contribution in [0.3, 0.4) is 0 Å². The van der Waals surface area contributed by atoms with Crippen LogP contribution in [0.5, 0.6) is 23.0 Å². The van der Waals surface area contributed by atoms with Crippen molar-refractivity contribution in [3.8, 4) is 23.0 Å². The van der Waals surface area contributed by atoms with Gasteiger partial charge in [-0.1, -0.05) is 30.7 Å². The number of hydrogen-bond donors (Lipinski definition) is 1. The maximum Gasteiger partial charge on any atom is 0.231 e. The Hall–Kier alpha value is -3.19. The van der Waals surface area contributed by atoms with Crippen LogP contribution < -0.4 is 18.9 Å². The van der Waals surface area contributed by atoms with Gasteiger partial charge in [-0.05, 0) is 24.1 Å². The van der Waals surface area contributed by atoms with E-state index in [-0.39, 0.29) is 40.4 Å². The summed E-state index contributed by atoms with van der Waals surface area (Å²) < 4.78 is 28.4. The first-order valence-corrected chi connectivity index (χ1v) is 10.5. The molecular weight excluding hydrogens is 434 g/mol. The topological polar surface area (TPSA) is 87.1 Å². The Bertz CT molecular complexity index is 1110. The summed E-state index contributed by atoms with van der Waals surface area (Å²) in [7, 11) is 4.55. The highest BCUT2D eigenvalue weighted by molar-refractivity contribution is 6.35. The van der Waals surface area contributed by atoms with Crippen LogP contribution in [0.2, 0.25) is 5.02 Å². The maximum atomic E-state index is 13.8. The number of carbonyl (C=O) groups excluding carboxylic acids is 1. The lowest BCUT2D eigenvalue weighted by atomic mass is 9.75. The minimum Gasteiger partial charge on any atom is -0.497 e. The van der Waals surface area contributed by atoms with Gasteiger partial charge in [0.1, 0.15) is 34.4 Å². The van der Waals surface area contributed by atoms with E-state index in [0.29, 0.717) is 23.6 Å². The van der Waals surface area contributed by atoms with E-state index in [1.165, 1.54) is 14.2 Å². The molecule has 0 bridgehead atoms. The highest BCUT2D eigenvalue weighted by Crippen LogP contribution is 2.54. The van der Waals surface area contributed by atoms with E-state index in [1.807, 2.05) is 31.2 Å². The van der Waals surface area contributed by atoms with Crippen LogP contribution >= 0.6 is 11.6 Å². The van der Waals surface area contributed by atoms with Crippen molar-refractivity contribution in [2.24, 2.45) is 5.92 Å². The first-order valence-electron chi connectivity index (χ1n) is 10.1. The van der Waals surface area contributed by atoms with Crippen LogP contribution in [0.15, 0.2) is 42.2 Å². The molecule has 1 aliphatic heterocycles. The fraction of sp³-hybridized carbons (Fsp3) is 0.333. The van der Waals surface area contributed by atoms with E-state index in [0.717, 1.165) is 11.3 Å². The average molecular weight is 458 g/mol. The smallest absolute Gasteiger partial charge is 0.231 e. The summed E-state index contributed by atoms with van der Waals surface area (Å²) >= 11 is 6.50. The molecule has 168 valence electrons. The molecule has 0 radical (unpaired) electrons. The van der Waals surface area contributed by atoms with Crippen molar-refractivity contribution in [2.45, 2.75) is 25.6 Å². The summed E-state index contributed by atoms with van der Waals surface area (Å²) in [6.07, 6.45) is 1.91. The number of ketones is 1. The van der Waals surface area contributed by atoms with E-state index in [2.05, 4.69) is 0 Å². The normalized spacial score (nSPS) is 21.7. The number of rotatable bonds is 6. The van der Waals surface area contributed by atoms with Crippen molar-refractivity contribution in [2.75, 3.05) is 21.3 Å². The molecule has 8 heteroatoms. The average Bonchev–Trinajstić information content (AvgIpc) is 3.11. The molecule has 0 unspecified atom stereocenters. The number of hydrogen-bond acceptors (Lipinski definition) is 7. The van der Waals surface area contributed by atoms with Gasteiger partial charge in [0.25, 0.3) is 0 Å². The van der Waals surface area contributed by atoms with E-state index < -0.39 is 5.60 Å². The van der Waals surface area contributed by atoms with Gasteiger partial charge in [0, 0.05) is 23.8 Å². The zero-order valence-corrected chi connectivity index (χ0v) is 19.0. The molecule has 32 heavy (non-hydrogen) atoms. The number of halogens is 1. The minimum absolute atomic E-state index is 0.191. The highest BCUT2D eigenvalue weighted by Gasteiger charge is 2.59. The number of benzene rings is 2. The third kappa shape index (κ3) is 3.37. The van der Waals surface area contributed by atoms with Crippen LogP contribution in [0.25, 0.3) is 0 Å². The largest absolute Gasteiger partial charge is 0.497 e. The van der Waals surface area contributed by atoms with Crippen LogP contribution in [0.1, 0.15) is 29.3 Å². The molecule has 4 rings (SSSR count). The van der Waals surface area contributed by atoms with E-state index in [1.54, 1.807) is 19.3 Å². The second kappa shape index (κ2) is 8.39. The van der Waals surface area contributed by atoms with Gasteiger partial charge in [-0.25, -0.2) is 0 Å². The third-order valence-electron chi connectivity index (χ3n) is 5.86. The van der Waals surface area contributed by atoms with E-state index >= 15 is 0 Å². The highest BCUT2D eigenvalue weighted by atomic mass is 35.5. The van der Waals surface area contributed by atoms with E-state index in [9.17, 15) is 4.79 Å². The van der Waals surface area contributed by atoms with Crippen molar-refractivity contribution in [1.82, 2.24) is 0 Å². The molecule has 2 aromatic carbocycles. The summed E-state index contributed by atoms with van der Waals surface area (Å²) in [6, 6.07) is 8.98. The molecule has 1 N–H and O–H groups in total. The fourth-order valence-corrected chi connectivity index (χ4v) is 4.43. The molecule has 0 fully saturated rings. The zero-order valence-electron chi connectivity index (χ0n) is 18.3. The minimum atomic E-state index is -1.44. The number of allylic oxidation sites excluding steroid dienone is 1. The summed E-state index contributed by atoms with van der Waals surface area (Å²) in [5.41, 5.74) is 0.0445. The Morgan fingerprint density at radius 2 is 1.81 bits per heavy atom. The SMILES string of the molecule is COc1ccc(COC2=CC(=N)C[C@@H](C)[C@]23Oc2c(Cl)c(OC)cc(OC)c2C3=O)cc1. The molecule has 0 saturated carbocycles. The second-order valence-electron chi connectivity index (χ2n) is 7.74. The molecule has 0 amide bonds. The quantitative estimate of drug-likeness (QED) is 0.667. The molecule has 2 aliphatic rings. The zero-order chi connectivity index (χ0) is 23.0. The Labute approximate surface area is 191 Å². The van der Waals surface area contributed by atoms with Gasteiger partial charge in [-0.2, -0.15) is 0 Å². The lowest BCUT2D eigenvalue weighted by molar-refractivity contribution is 0.00886. The predicted octanol–water partition coefficient (Wildman–Crippen LogP) is 4.84. The number of fused-ring (bicyclic) bond motifs is 1. The van der Waals surface area contributed by atoms with Crippen LogP contribution in [0.4, 0.5) is 0 Å². The van der Waals surface area contributed by atoms with Crippen molar-refractivity contribution in [3.63, 3.8) is 0 Å². The Balaban J connectivity index is 1.74. The molecule has 7 nitrogen and oxygen atoms in total. The Morgan fingerprint density at radius 1 is 1.12 bits per heavy atom. The first kappa shape index (κ1) is 22.0. The van der Waals surface area contributed by atoms with Gasteiger partial charge >= 0.3 is 0 Å². The second-order valence-corrected chi connectivity index (χ2v) is 8.12. The van der Waals surface area contributed by atoms with Gasteiger partial charge in [0.15, 0.2) is 11.5 Å². The number of carbonyl (C=O) groups is 1. The van der Waals surface area contributed by atoms with Crippen LogP contribution in [-0.4, -0.2) is 38.4 Å². The molecule has 0 aromatic heterocycles. The van der Waals surface area contributed by atoms with Gasteiger partial charge < -0.3 is 29.1 Å². The van der Waals surface area contributed by atoms with Gasteiger partial charge in [0.2, 0.25) is 11.4 Å². The lowest BCUT2D eigenvalue weighted by Gasteiger charge is -2.37. The molecule has 2 atom stereocenters. The van der Waals surface area contributed by atoms with Crippen molar-refractivity contribution >= 4 is 23.1 Å². The van der Waals surface area contributed by atoms with Gasteiger partial charge in [0.05, 0.1) is 21.3 Å². The summed E-state index contributed by atoms with van der Waals surface area (Å²) in [4.78, 5) is 13.8. The number of ether oxygens (including phenoxy) is 5. The van der Waals surface area contributed by atoms with Crippen LogP contribution in [0, 0.1) is 11.3 Å². The van der Waals surface area contributed by atoms with Crippen molar-refractivity contribution in [3.05, 3.63) is 58.3 Å². The van der Waals surface area contributed by atoms with Crippen LogP contribution in [-0.2, 0) is 11.3 Å². The molecule has 1 heterocycles. The molecule has 1 aliphatic carbocycles. The predicted molar refractivity (Wildman–Crippen MR) is 120 cm³/mol. The molecule has 2 aromatic rings. The van der Waals surface area contributed by atoms with Crippen molar-refractivity contribution < 1.29 is 28.5 Å². The molecular formula is C24H24ClNO6. The van der Waals surface area contributed by atoms with E-state index in [4.69, 9.17) is 40.7 Å². The number of methoxy groups -OCH3 is 3. The Morgan fingerprint density at radius 3 is 2.44 bits per heavy atom. The molecule has 1 spiro atoms. The van der Waals surface area contributed by atoms with Gasteiger partial charge in [-0.3, -0.25) is 4.79 Å². The fourth-order valence-electron chi connectivity index (χ4n) is 4.16. The molecule has 0 saturated heterocycles.